The van der Waals surface area contributed by atoms with Crippen LogP contribution in [0.4, 0.5) is 0 Å². The number of likely N-dealkylation sites (tertiary alicyclic amines) is 1. The highest BCUT2D eigenvalue weighted by Gasteiger charge is 2.26. The molecule has 0 saturated carbocycles. The number of aryl methyl sites for hydroxylation is 1. The van der Waals surface area contributed by atoms with Gasteiger partial charge in [-0.2, -0.15) is 0 Å². The summed E-state index contributed by atoms with van der Waals surface area (Å²) < 4.78 is 6.93. The first-order valence-electron chi connectivity index (χ1n) is 7.41. The summed E-state index contributed by atoms with van der Waals surface area (Å²) in [7, 11) is 1.46. The molecule has 0 bridgehead atoms. The molecule has 0 aliphatic carbocycles. The van der Waals surface area contributed by atoms with Crippen LogP contribution in [0.15, 0.2) is 24.5 Å². The molecule has 5 nitrogen and oxygen atoms in total. The minimum Gasteiger partial charge on any atom is -0.469 e. The normalized spacial score (nSPS) is 19.8. The molecule has 0 spiro atoms. The smallest absolute Gasteiger partial charge is 0.309 e. The molecule has 0 amide bonds. The number of carbonyl (C=O) groups is 1. The van der Waals surface area contributed by atoms with E-state index in [0.29, 0.717) is 0 Å². The van der Waals surface area contributed by atoms with E-state index in [1.54, 1.807) is 0 Å². The van der Waals surface area contributed by atoms with E-state index >= 15 is 0 Å². The number of aromatic nitrogens is 2. The third-order valence-electron chi connectivity index (χ3n) is 4.15. The Bertz CT molecular complexity index is 650. The Balaban J connectivity index is 1.72. The molecule has 1 unspecified atom stereocenters. The molecule has 2 aromatic rings. The number of carbonyl (C=O) groups excluding carboxylic acids is 1. The van der Waals surface area contributed by atoms with Crippen LogP contribution in [0.1, 0.15) is 24.1 Å². The van der Waals surface area contributed by atoms with Gasteiger partial charge in [-0.05, 0) is 37.9 Å². The van der Waals surface area contributed by atoms with E-state index < -0.39 is 0 Å². The Labute approximate surface area is 124 Å². The van der Waals surface area contributed by atoms with Crippen molar-refractivity contribution in [1.82, 2.24) is 14.3 Å². The van der Waals surface area contributed by atoms with E-state index in [-0.39, 0.29) is 11.9 Å². The Morgan fingerprint density at radius 1 is 1.52 bits per heavy atom. The molecule has 5 heteroatoms. The number of nitrogens with zero attached hydrogens (tertiary/aromatic N) is 3. The van der Waals surface area contributed by atoms with Gasteiger partial charge >= 0.3 is 5.97 Å². The zero-order chi connectivity index (χ0) is 14.8. The highest BCUT2D eigenvalue weighted by molar-refractivity contribution is 5.72. The number of piperidine rings is 1. The standard InChI is InChI=1S/C16H21N3O2/c1-12-5-3-8-19-11-14(17-15(12)19)10-18-7-4-6-13(9-18)16(20)21-2/h3,5,8,11,13H,4,6-7,9-10H2,1-2H3. The van der Waals surface area contributed by atoms with Crippen molar-refractivity contribution in [3.63, 3.8) is 0 Å². The minimum atomic E-state index is -0.0921. The van der Waals surface area contributed by atoms with E-state index in [0.717, 1.165) is 43.8 Å². The number of pyridine rings is 1. The summed E-state index contributed by atoms with van der Waals surface area (Å²) in [6, 6.07) is 4.10. The molecule has 3 rings (SSSR count). The quantitative estimate of drug-likeness (QED) is 0.810. The van der Waals surface area contributed by atoms with E-state index in [2.05, 4.69) is 28.5 Å². The van der Waals surface area contributed by atoms with Crippen LogP contribution in [0.25, 0.3) is 5.65 Å². The lowest BCUT2D eigenvalue weighted by atomic mass is 9.98. The van der Waals surface area contributed by atoms with Gasteiger partial charge in [0.1, 0.15) is 5.65 Å². The van der Waals surface area contributed by atoms with E-state index in [9.17, 15) is 4.79 Å². The first-order chi connectivity index (χ1) is 10.2. The summed E-state index contributed by atoms with van der Waals surface area (Å²) in [5, 5.41) is 0. The van der Waals surface area contributed by atoms with E-state index in [1.165, 1.54) is 12.7 Å². The summed E-state index contributed by atoms with van der Waals surface area (Å²) in [5.74, 6) is -0.0898. The van der Waals surface area contributed by atoms with Gasteiger partial charge in [0.2, 0.25) is 0 Å². The largest absolute Gasteiger partial charge is 0.469 e. The summed E-state index contributed by atoms with van der Waals surface area (Å²) in [5.41, 5.74) is 3.23. The molecule has 3 heterocycles. The van der Waals surface area contributed by atoms with Crippen LogP contribution < -0.4 is 0 Å². The fraction of sp³-hybridized carbons (Fsp3) is 0.500. The number of hydrogen-bond acceptors (Lipinski definition) is 4. The molecular weight excluding hydrogens is 266 g/mol. The number of rotatable bonds is 3. The van der Waals surface area contributed by atoms with Gasteiger partial charge in [0.25, 0.3) is 0 Å². The van der Waals surface area contributed by atoms with Crippen molar-refractivity contribution in [2.45, 2.75) is 26.3 Å². The highest BCUT2D eigenvalue weighted by Crippen LogP contribution is 2.20. The maximum Gasteiger partial charge on any atom is 0.309 e. The maximum atomic E-state index is 11.7. The molecule has 21 heavy (non-hydrogen) atoms. The van der Waals surface area contributed by atoms with Crippen molar-refractivity contribution in [3.05, 3.63) is 35.8 Å². The van der Waals surface area contributed by atoms with Gasteiger partial charge in [-0.25, -0.2) is 4.98 Å². The Kier molecular flexibility index (Phi) is 3.92. The summed E-state index contributed by atoms with van der Waals surface area (Å²) in [6.07, 6.45) is 6.05. The molecule has 0 radical (unpaired) electrons. The second kappa shape index (κ2) is 5.85. The molecule has 0 aromatic carbocycles. The molecule has 2 aromatic heterocycles. The Morgan fingerprint density at radius 3 is 3.14 bits per heavy atom. The van der Waals surface area contributed by atoms with Crippen LogP contribution in [-0.2, 0) is 16.1 Å². The van der Waals surface area contributed by atoms with Crippen LogP contribution in [0.2, 0.25) is 0 Å². The molecule has 1 aliphatic rings. The SMILES string of the molecule is COC(=O)C1CCCN(Cc2cn3cccc(C)c3n2)C1. The third kappa shape index (κ3) is 2.93. The lowest BCUT2D eigenvalue weighted by molar-refractivity contribution is -0.147. The van der Waals surface area contributed by atoms with E-state index in [1.807, 2.05) is 12.3 Å². The molecule has 1 fully saturated rings. The molecule has 112 valence electrons. The second-order valence-corrected chi connectivity index (χ2v) is 5.75. The average Bonchev–Trinajstić information content (AvgIpc) is 2.90. The lowest BCUT2D eigenvalue weighted by Crippen LogP contribution is -2.38. The monoisotopic (exact) mass is 287 g/mol. The number of fused-ring (bicyclic) bond motifs is 1. The lowest BCUT2D eigenvalue weighted by Gasteiger charge is -2.30. The predicted octanol–water partition coefficient (Wildman–Crippen LogP) is 2.03. The van der Waals surface area contributed by atoms with Crippen molar-refractivity contribution in [2.75, 3.05) is 20.2 Å². The van der Waals surface area contributed by atoms with Gasteiger partial charge in [-0.15, -0.1) is 0 Å². The van der Waals surface area contributed by atoms with Crippen LogP contribution in [-0.4, -0.2) is 40.5 Å². The Morgan fingerprint density at radius 2 is 2.38 bits per heavy atom. The summed E-state index contributed by atoms with van der Waals surface area (Å²) >= 11 is 0. The molecule has 1 atom stereocenters. The fourth-order valence-electron chi connectivity index (χ4n) is 3.07. The first-order valence-corrected chi connectivity index (χ1v) is 7.41. The zero-order valence-corrected chi connectivity index (χ0v) is 12.6. The number of ether oxygens (including phenoxy) is 1. The van der Waals surface area contributed by atoms with Crippen molar-refractivity contribution in [3.8, 4) is 0 Å². The second-order valence-electron chi connectivity index (χ2n) is 5.75. The van der Waals surface area contributed by atoms with Gasteiger partial charge in [-0.1, -0.05) is 6.07 Å². The van der Waals surface area contributed by atoms with Crippen molar-refractivity contribution in [2.24, 2.45) is 5.92 Å². The third-order valence-corrected chi connectivity index (χ3v) is 4.15. The zero-order valence-electron chi connectivity index (χ0n) is 12.6. The van der Waals surface area contributed by atoms with Crippen molar-refractivity contribution < 1.29 is 9.53 Å². The number of imidazole rings is 1. The van der Waals surface area contributed by atoms with Crippen LogP contribution >= 0.6 is 0 Å². The Hall–Kier alpha value is -1.88. The van der Waals surface area contributed by atoms with Crippen LogP contribution in [0, 0.1) is 12.8 Å². The highest BCUT2D eigenvalue weighted by atomic mass is 16.5. The average molecular weight is 287 g/mol. The van der Waals surface area contributed by atoms with Gasteiger partial charge < -0.3 is 9.14 Å². The van der Waals surface area contributed by atoms with Crippen LogP contribution in [0.3, 0.4) is 0 Å². The molecular formula is C16H21N3O2. The first kappa shape index (κ1) is 14.1. The summed E-state index contributed by atoms with van der Waals surface area (Å²) in [4.78, 5) is 18.7. The predicted molar refractivity (Wildman–Crippen MR) is 79.9 cm³/mol. The molecule has 0 N–H and O–H groups in total. The number of esters is 1. The van der Waals surface area contributed by atoms with Crippen molar-refractivity contribution >= 4 is 11.6 Å². The van der Waals surface area contributed by atoms with Crippen molar-refractivity contribution in [1.29, 1.82) is 0 Å². The topological polar surface area (TPSA) is 46.8 Å². The van der Waals surface area contributed by atoms with Gasteiger partial charge in [0.05, 0.1) is 18.7 Å². The molecule has 1 aliphatic heterocycles. The molecule has 1 saturated heterocycles. The number of methoxy groups -OCH3 is 1. The minimum absolute atomic E-state index is 0.00233. The van der Waals surface area contributed by atoms with Crippen LogP contribution in [0.5, 0.6) is 0 Å². The fourth-order valence-corrected chi connectivity index (χ4v) is 3.07. The number of hydrogen-bond donors (Lipinski definition) is 0. The van der Waals surface area contributed by atoms with Gasteiger partial charge in [0.15, 0.2) is 0 Å². The van der Waals surface area contributed by atoms with E-state index in [4.69, 9.17) is 9.72 Å². The summed E-state index contributed by atoms with van der Waals surface area (Å²) in [6.45, 7) is 4.63. The van der Waals surface area contributed by atoms with Gasteiger partial charge in [0, 0.05) is 25.5 Å². The van der Waals surface area contributed by atoms with Gasteiger partial charge in [-0.3, -0.25) is 9.69 Å². The maximum absolute atomic E-state index is 11.7.